The second-order valence-corrected chi connectivity index (χ2v) is 5.49. The maximum atomic E-state index is 8.78. The van der Waals surface area contributed by atoms with Crippen molar-refractivity contribution in [3.8, 4) is 6.07 Å². The average Bonchev–Trinajstić information content (AvgIpc) is 3.06. The van der Waals surface area contributed by atoms with Crippen molar-refractivity contribution in [2.24, 2.45) is 5.41 Å². The second kappa shape index (κ2) is 4.19. The summed E-state index contributed by atoms with van der Waals surface area (Å²) in [5.74, 6) is 0.756. The molecule has 0 N–H and O–H groups in total. The Kier molecular flexibility index (Phi) is 3.01. The number of nitrogens with zero attached hydrogens (tertiary/aromatic N) is 3. The van der Waals surface area contributed by atoms with E-state index < -0.39 is 0 Å². The van der Waals surface area contributed by atoms with Gasteiger partial charge in [-0.3, -0.25) is 0 Å². The van der Waals surface area contributed by atoms with E-state index in [9.17, 15) is 0 Å². The molecule has 1 aliphatic rings. The molecule has 0 aliphatic heterocycles. The van der Waals surface area contributed by atoms with Crippen LogP contribution in [0.25, 0.3) is 0 Å². The monoisotopic (exact) mass is 249 g/mol. The fraction of sp³-hybridized carbons (Fsp3) is 0.538. The van der Waals surface area contributed by atoms with Crippen LogP contribution in [0.1, 0.15) is 32.3 Å². The van der Waals surface area contributed by atoms with Crippen molar-refractivity contribution in [3.05, 3.63) is 22.8 Å². The summed E-state index contributed by atoms with van der Waals surface area (Å²) in [5, 5.41) is 9.32. The van der Waals surface area contributed by atoms with Crippen LogP contribution >= 0.6 is 11.6 Å². The lowest BCUT2D eigenvalue weighted by atomic mass is 9.99. The first-order valence-corrected chi connectivity index (χ1v) is 6.14. The third-order valence-electron chi connectivity index (χ3n) is 3.91. The zero-order chi connectivity index (χ0) is 12.6. The van der Waals surface area contributed by atoms with Crippen LogP contribution in [0.5, 0.6) is 0 Å². The quantitative estimate of drug-likeness (QED) is 0.826. The molecule has 1 aromatic heterocycles. The van der Waals surface area contributed by atoms with Gasteiger partial charge in [0.2, 0.25) is 0 Å². The minimum atomic E-state index is 0.383. The van der Waals surface area contributed by atoms with Crippen LogP contribution in [0.15, 0.2) is 12.3 Å². The van der Waals surface area contributed by atoms with Gasteiger partial charge >= 0.3 is 0 Å². The SMILES string of the molecule is C[C@@H](N(C)c1ncc(C#N)cc1Cl)C1(C)CC1. The lowest BCUT2D eigenvalue weighted by Crippen LogP contribution is -2.36. The largest absolute Gasteiger partial charge is 0.355 e. The number of rotatable bonds is 3. The van der Waals surface area contributed by atoms with Crippen molar-refractivity contribution in [2.75, 3.05) is 11.9 Å². The summed E-state index contributed by atoms with van der Waals surface area (Å²) >= 11 is 6.16. The summed E-state index contributed by atoms with van der Waals surface area (Å²) < 4.78 is 0. The number of nitriles is 1. The molecule has 1 aromatic rings. The zero-order valence-electron chi connectivity index (χ0n) is 10.4. The lowest BCUT2D eigenvalue weighted by Gasteiger charge is -2.31. The first kappa shape index (κ1) is 12.2. The Morgan fingerprint density at radius 1 is 1.59 bits per heavy atom. The molecule has 4 heteroatoms. The molecule has 0 bridgehead atoms. The maximum Gasteiger partial charge on any atom is 0.147 e. The first-order chi connectivity index (χ1) is 7.98. The molecule has 0 spiro atoms. The number of halogens is 1. The molecule has 90 valence electrons. The van der Waals surface area contributed by atoms with E-state index in [2.05, 4.69) is 23.7 Å². The van der Waals surface area contributed by atoms with Crippen LogP contribution in [0.2, 0.25) is 5.02 Å². The van der Waals surface area contributed by atoms with Gasteiger partial charge in [-0.15, -0.1) is 0 Å². The highest BCUT2D eigenvalue weighted by Gasteiger charge is 2.44. The van der Waals surface area contributed by atoms with Crippen LogP contribution in [0.4, 0.5) is 5.82 Å². The van der Waals surface area contributed by atoms with Gasteiger partial charge in [-0.2, -0.15) is 5.26 Å². The highest BCUT2D eigenvalue weighted by Crippen LogP contribution is 2.50. The van der Waals surface area contributed by atoms with E-state index in [1.807, 2.05) is 13.1 Å². The van der Waals surface area contributed by atoms with E-state index in [4.69, 9.17) is 16.9 Å². The van der Waals surface area contributed by atoms with E-state index in [1.165, 1.54) is 12.8 Å². The minimum absolute atomic E-state index is 0.383. The molecular weight excluding hydrogens is 234 g/mol. The molecule has 2 rings (SSSR count). The highest BCUT2D eigenvalue weighted by molar-refractivity contribution is 6.33. The van der Waals surface area contributed by atoms with Gasteiger partial charge in [0.15, 0.2) is 0 Å². The molecule has 0 amide bonds. The molecule has 0 saturated heterocycles. The predicted octanol–water partition coefficient (Wildman–Crippen LogP) is 3.23. The van der Waals surface area contributed by atoms with Crippen molar-refractivity contribution in [1.82, 2.24) is 4.98 Å². The van der Waals surface area contributed by atoms with E-state index in [-0.39, 0.29) is 0 Å². The van der Waals surface area contributed by atoms with E-state index in [0.29, 0.717) is 22.0 Å². The third kappa shape index (κ3) is 2.23. The van der Waals surface area contributed by atoms with Gasteiger partial charge < -0.3 is 4.90 Å². The third-order valence-corrected chi connectivity index (χ3v) is 4.19. The fourth-order valence-electron chi connectivity index (χ4n) is 2.02. The van der Waals surface area contributed by atoms with Crippen molar-refractivity contribution < 1.29 is 0 Å². The molecule has 1 fully saturated rings. The molecular formula is C13H16ClN3. The number of hydrogen-bond donors (Lipinski definition) is 0. The molecule has 0 aromatic carbocycles. The van der Waals surface area contributed by atoms with Crippen LogP contribution < -0.4 is 4.90 Å². The van der Waals surface area contributed by atoms with Gasteiger partial charge in [0.25, 0.3) is 0 Å². The predicted molar refractivity (Wildman–Crippen MR) is 69.2 cm³/mol. The van der Waals surface area contributed by atoms with Crippen LogP contribution in [0, 0.1) is 16.7 Å². The highest BCUT2D eigenvalue weighted by atomic mass is 35.5. The van der Waals surface area contributed by atoms with Crippen LogP contribution in [0.3, 0.4) is 0 Å². The molecule has 0 unspecified atom stereocenters. The van der Waals surface area contributed by atoms with Gasteiger partial charge in [0, 0.05) is 19.3 Å². The molecule has 1 heterocycles. The summed E-state index contributed by atoms with van der Waals surface area (Å²) in [6, 6.07) is 4.11. The summed E-state index contributed by atoms with van der Waals surface area (Å²) in [6.07, 6.45) is 4.08. The van der Waals surface area contributed by atoms with Gasteiger partial charge in [-0.25, -0.2) is 4.98 Å². The Hall–Kier alpha value is -1.27. The molecule has 17 heavy (non-hydrogen) atoms. The summed E-state index contributed by atoms with van der Waals surface area (Å²) in [7, 11) is 2.01. The Labute approximate surface area is 107 Å². The standard InChI is InChI=1S/C13H16ClN3/c1-9(13(2)4-5-13)17(3)12-11(14)6-10(7-15)8-16-12/h6,8-9H,4-5H2,1-3H3/t9-/m1/s1. The maximum absolute atomic E-state index is 8.78. The van der Waals surface area contributed by atoms with Gasteiger partial charge in [0.1, 0.15) is 11.9 Å². The Morgan fingerprint density at radius 3 is 2.71 bits per heavy atom. The Bertz CT molecular complexity index is 474. The van der Waals surface area contributed by atoms with Gasteiger partial charge in [0.05, 0.1) is 10.6 Å². The smallest absolute Gasteiger partial charge is 0.147 e. The van der Waals surface area contributed by atoms with Crippen molar-refractivity contribution in [1.29, 1.82) is 5.26 Å². The van der Waals surface area contributed by atoms with E-state index in [1.54, 1.807) is 12.3 Å². The van der Waals surface area contributed by atoms with Gasteiger partial charge in [-0.1, -0.05) is 18.5 Å². The number of hydrogen-bond acceptors (Lipinski definition) is 3. The van der Waals surface area contributed by atoms with E-state index >= 15 is 0 Å². The van der Waals surface area contributed by atoms with Crippen molar-refractivity contribution in [2.45, 2.75) is 32.7 Å². The average molecular weight is 250 g/mol. The van der Waals surface area contributed by atoms with Crippen molar-refractivity contribution in [3.63, 3.8) is 0 Å². The number of pyridine rings is 1. The number of anilines is 1. The minimum Gasteiger partial charge on any atom is -0.355 e. The molecule has 0 radical (unpaired) electrons. The van der Waals surface area contributed by atoms with E-state index in [0.717, 1.165) is 5.82 Å². The lowest BCUT2D eigenvalue weighted by molar-refractivity contribution is 0.445. The molecule has 1 saturated carbocycles. The number of aromatic nitrogens is 1. The fourth-order valence-corrected chi connectivity index (χ4v) is 2.32. The van der Waals surface area contributed by atoms with Crippen LogP contribution in [-0.2, 0) is 0 Å². The van der Waals surface area contributed by atoms with Gasteiger partial charge in [-0.05, 0) is 31.2 Å². The Morgan fingerprint density at radius 2 is 2.24 bits per heavy atom. The molecule has 3 nitrogen and oxygen atoms in total. The van der Waals surface area contributed by atoms with Crippen LogP contribution in [-0.4, -0.2) is 18.1 Å². The molecule has 1 atom stereocenters. The Balaban J connectivity index is 2.25. The zero-order valence-corrected chi connectivity index (χ0v) is 11.1. The topological polar surface area (TPSA) is 39.9 Å². The normalized spacial score (nSPS) is 18.3. The summed E-state index contributed by atoms with van der Waals surface area (Å²) in [5.41, 5.74) is 0.880. The summed E-state index contributed by atoms with van der Waals surface area (Å²) in [4.78, 5) is 6.39. The first-order valence-electron chi connectivity index (χ1n) is 5.76. The second-order valence-electron chi connectivity index (χ2n) is 5.08. The molecule has 1 aliphatic carbocycles. The summed E-state index contributed by atoms with van der Waals surface area (Å²) in [6.45, 7) is 4.48. The van der Waals surface area contributed by atoms with Crippen molar-refractivity contribution >= 4 is 17.4 Å².